The Morgan fingerprint density at radius 3 is 2.56 bits per heavy atom. The topological polar surface area (TPSA) is 46.4 Å². The highest BCUT2D eigenvalue weighted by Gasteiger charge is 2.24. The van der Waals surface area contributed by atoms with Crippen LogP contribution >= 0.6 is 27.7 Å². The number of hydrogen-bond acceptors (Lipinski definition) is 3. The maximum absolute atomic E-state index is 12.4. The van der Waals surface area contributed by atoms with Crippen LogP contribution in [0.3, 0.4) is 0 Å². The monoisotopic (exact) mass is 437 g/mol. The van der Waals surface area contributed by atoms with Gasteiger partial charge in [0.1, 0.15) is 0 Å². The number of amides is 1. The smallest absolute Gasteiger partial charge is 0.264 e. The molecule has 6 heteroatoms. The Balaban J connectivity index is 1.60. The zero-order valence-corrected chi connectivity index (χ0v) is 16.9. The number of rotatable bonds is 3. The number of aliphatic imine (C=N–C) groups is 1. The van der Waals surface area contributed by atoms with Crippen LogP contribution in [0.15, 0.2) is 81.2 Å². The molecule has 0 atom stereocenters. The van der Waals surface area contributed by atoms with E-state index in [1.165, 1.54) is 17.3 Å². The van der Waals surface area contributed by atoms with E-state index in [-0.39, 0.29) is 5.91 Å². The summed E-state index contributed by atoms with van der Waals surface area (Å²) in [7, 11) is 0. The van der Waals surface area contributed by atoms with Gasteiger partial charge in [-0.05, 0) is 73.3 Å². The SMILES string of the molecule is Cc1ccc(N=C2NC(=O)/C(=C/c3cccn3-c3ccc(Br)cc3)S2)cc1. The van der Waals surface area contributed by atoms with Gasteiger partial charge in [-0.15, -0.1) is 0 Å². The van der Waals surface area contributed by atoms with Crippen LogP contribution < -0.4 is 5.32 Å². The second-order valence-electron chi connectivity index (χ2n) is 6.10. The lowest BCUT2D eigenvalue weighted by Crippen LogP contribution is -2.19. The molecule has 4 nitrogen and oxygen atoms in total. The summed E-state index contributed by atoms with van der Waals surface area (Å²) in [5.41, 5.74) is 3.97. The molecule has 0 spiro atoms. The van der Waals surface area contributed by atoms with Crippen molar-refractivity contribution in [1.82, 2.24) is 9.88 Å². The zero-order valence-electron chi connectivity index (χ0n) is 14.5. The molecule has 2 heterocycles. The molecule has 2 aromatic carbocycles. The van der Waals surface area contributed by atoms with Gasteiger partial charge in [0.15, 0.2) is 5.17 Å². The average Bonchev–Trinajstić information content (AvgIpc) is 3.25. The Bertz CT molecular complexity index is 1050. The normalized spacial score (nSPS) is 16.9. The molecule has 1 aromatic heterocycles. The van der Waals surface area contributed by atoms with Crippen molar-refractivity contribution in [2.45, 2.75) is 6.92 Å². The molecule has 1 N–H and O–H groups in total. The van der Waals surface area contributed by atoms with Crippen molar-refractivity contribution < 1.29 is 4.79 Å². The van der Waals surface area contributed by atoms with Crippen LogP contribution in [0.25, 0.3) is 11.8 Å². The number of aryl methyl sites for hydroxylation is 1. The molecule has 0 saturated carbocycles. The fourth-order valence-electron chi connectivity index (χ4n) is 2.70. The minimum Gasteiger partial charge on any atom is -0.317 e. The standard InChI is InChI=1S/C21H16BrN3OS/c1-14-4-8-16(9-5-14)23-21-24-20(26)19(27-21)13-18-3-2-12-25(18)17-10-6-15(22)7-11-17/h2-13H,1H3,(H,23,24,26)/b19-13-. The fraction of sp³-hybridized carbons (Fsp3) is 0.0476. The van der Waals surface area contributed by atoms with Crippen LogP contribution in [0.4, 0.5) is 5.69 Å². The number of amidine groups is 1. The number of halogens is 1. The van der Waals surface area contributed by atoms with Crippen molar-refractivity contribution in [3.63, 3.8) is 0 Å². The molecule has 27 heavy (non-hydrogen) atoms. The Hall–Kier alpha value is -2.57. The summed E-state index contributed by atoms with van der Waals surface area (Å²) >= 11 is 4.81. The van der Waals surface area contributed by atoms with Crippen molar-refractivity contribution in [3.05, 3.63) is 87.5 Å². The first kappa shape index (κ1) is 17.8. The maximum atomic E-state index is 12.4. The maximum Gasteiger partial charge on any atom is 0.264 e. The number of nitrogens with one attached hydrogen (secondary N) is 1. The summed E-state index contributed by atoms with van der Waals surface area (Å²) in [6.07, 6.45) is 3.87. The van der Waals surface area contributed by atoms with E-state index in [1.54, 1.807) is 0 Å². The predicted octanol–water partition coefficient (Wildman–Crippen LogP) is 5.44. The van der Waals surface area contributed by atoms with E-state index in [4.69, 9.17) is 0 Å². The molecular weight excluding hydrogens is 422 g/mol. The van der Waals surface area contributed by atoms with Gasteiger partial charge in [-0.2, -0.15) is 0 Å². The summed E-state index contributed by atoms with van der Waals surface area (Å²) in [5.74, 6) is -0.130. The minimum atomic E-state index is -0.130. The zero-order chi connectivity index (χ0) is 18.8. The van der Waals surface area contributed by atoms with Crippen LogP contribution in [0.1, 0.15) is 11.3 Å². The van der Waals surface area contributed by atoms with E-state index in [1.807, 2.05) is 84.4 Å². The van der Waals surface area contributed by atoms with E-state index in [0.29, 0.717) is 10.1 Å². The molecule has 1 saturated heterocycles. The summed E-state index contributed by atoms with van der Waals surface area (Å²) in [6, 6.07) is 19.9. The molecule has 0 unspecified atom stereocenters. The van der Waals surface area contributed by atoms with Gasteiger partial charge in [0.25, 0.3) is 5.91 Å². The molecule has 1 fully saturated rings. The van der Waals surface area contributed by atoms with Gasteiger partial charge in [-0.25, -0.2) is 4.99 Å². The third kappa shape index (κ3) is 4.07. The quantitative estimate of drug-likeness (QED) is 0.554. The van der Waals surface area contributed by atoms with Crippen molar-refractivity contribution >= 4 is 50.5 Å². The Morgan fingerprint density at radius 1 is 1.07 bits per heavy atom. The van der Waals surface area contributed by atoms with Crippen molar-refractivity contribution in [1.29, 1.82) is 0 Å². The van der Waals surface area contributed by atoms with E-state index in [0.717, 1.165) is 21.5 Å². The van der Waals surface area contributed by atoms with Crippen molar-refractivity contribution in [2.75, 3.05) is 0 Å². The molecule has 1 aliphatic heterocycles. The van der Waals surface area contributed by atoms with Crippen LogP contribution in [0, 0.1) is 6.92 Å². The largest absolute Gasteiger partial charge is 0.317 e. The number of benzene rings is 2. The van der Waals surface area contributed by atoms with Crippen molar-refractivity contribution in [3.8, 4) is 5.69 Å². The van der Waals surface area contributed by atoms with Crippen LogP contribution in [0.2, 0.25) is 0 Å². The fourth-order valence-corrected chi connectivity index (χ4v) is 3.79. The van der Waals surface area contributed by atoms with Gasteiger partial charge in [-0.3, -0.25) is 4.79 Å². The first-order valence-electron chi connectivity index (χ1n) is 8.38. The lowest BCUT2D eigenvalue weighted by Gasteiger charge is -2.07. The third-order valence-corrected chi connectivity index (χ3v) is 5.52. The van der Waals surface area contributed by atoms with E-state index in [9.17, 15) is 4.79 Å². The van der Waals surface area contributed by atoms with Crippen LogP contribution in [-0.2, 0) is 4.79 Å². The molecule has 0 radical (unpaired) electrons. The molecule has 0 bridgehead atoms. The Labute approximate surface area is 170 Å². The van der Waals surface area contributed by atoms with Gasteiger partial charge < -0.3 is 9.88 Å². The first-order chi connectivity index (χ1) is 13.1. The van der Waals surface area contributed by atoms with Gasteiger partial charge in [-0.1, -0.05) is 33.6 Å². The van der Waals surface area contributed by atoms with Gasteiger partial charge in [0.05, 0.1) is 10.6 Å². The highest BCUT2D eigenvalue weighted by Crippen LogP contribution is 2.29. The summed E-state index contributed by atoms with van der Waals surface area (Å²) in [4.78, 5) is 17.5. The Morgan fingerprint density at radius 2 is 1.81 bits per heavy atom. The summed E-state index contributed by atoms with van der Waals surface area (Å²) in [5, 5.41) is 3.43. The van der Waals surface area contributed by atoms with E-state index in [2.05, 4.69) is 26.2 Å². The third-order valence-electron chi connectivity index (χ3n) is 4.08. The number of nitrogens with zero attached hydrogens (tertiary/aromatic N) is 2. The second-order valence-corrected chi connectivity index (χ2v) is 8.04. The van der Waals surface area contributed by atoms with Gasteiger partial charge in [0.2, 0.25) is 0 Å². The number of hydrogen-bond donors (Lipinski definition) is 1. The number of thioether (sulfide) groups is 1. The second kappa shape index (κ2) is 7.58. The molecule has 1 amide bonds. The van der Waals surface area contributed by atoms with Crippen LogP contribution in [-0.4, -0.2) is 15.6 Å². The average molecular weight is 438 g/mol. The molecule has 3 aromatic rings. The molecule has 1 aliphatic rings. The molecule has 134 valence electrons. The lowest BCUT2D eigenvalue weighted by molar-refractivity contribution is -0.115. The summed E-state index contributed by atoms with van der Waals surface area (Å²) in [6.45, 7) is 2.03. The highest BCUT2D eigenvalue weighted by atomic mass is 79.9. The lowest BCUT2D eigenvalue weighted by atomic mass is 10.2. The van der Waals surface area contributed by atoms with Gasteiger partial charge >= 0.3 is 0 Å². The van der Waals surface area contributed by atoms with Gasteiger partial charge in [0, 0.05) is 22.1 Å². The molecular formula is C21H16BrN3OS. The number of aromatic nitrogens is 1. The minimum absolute atomic E-state index is 0.130. The van der Waals surface area contributed by atoms with Crippen molar-refractivity contribution in [2.24, 2.45) is 4.99 Å². The number of carbonyl (C=O) groups excluding carboxylic acids is 1. The Kier molecular flexibility index (Phi) is 5.01. The van der Waals surface area contributed by atoms with Crippen LogP contribution in [0.5, 0.6) is 0 Å². The van der Waals surface area contributed by atoms with E-state index >= 15 is 0 Å². The predicted molar refractivity (Wildman–Crippen MR) is 115 cm³/mol. The molecule has 4 rings (SSSR count). The number of carbonyl (C=O) groups is 1. The highest BCUT2D eigenvalue weighted by molar-refractivity contribution is 9.10. The summed E-state index contributed by atoms with van der Waals surface area (Å²) < 4.78 is 3.07. The first-order valence-corrected chi connectivity index (χ1v) is 9.99. The molecule has 0 aliphatic carbocycles. The van der Waals surface area contributed by atoms with E-state index < -0.39 is 0 Å².